The number of piperidine rings is 1. The first-order valence-electron chi connectivity index (χ1n) is 8.99. The van der Waals surface area contributed by atoms with Crippen molar-refractivity contribution in [1.82, 2.24) is 24.6 Å². The van der Waals surface area contributed by atoms with Crippen LogP contribution in [0, 0.1) is 0 Å². The average molecular weight is 357 g/mol. The summed E-state index contributed by atoms with van der Waals surface area (Å²) in [5, 5.41) is 7.52. The van der Waals surface area contributed by atoms with Crippen molar-refractivity contribution in [2.45, 2.75) is 37.4 Å². The summed E-state index contributed by atoms with van der Waals surface area (Å²) in [5.74, 6) is 0.690. The zero-order valence-corrected chi connectivity index (χ0v) is 14.9. The first kappa shape index (κ1) is 17.1. The van der Waals surface area contributed by atoms with Crippen LogP contribution in [0.25, 0.3) is 5.82 Å². The van der Waals surface area contributed by atoms with Crippen molar-refractivity contribution < 1.29 is 14.3 Å². The summed E-state index contributed by atoms with van der Waals surface area (Å²) in [7, 11) is 1.75. The Morgan fingerprint density at radius 3 is 2.69 bits per heavy atom. The van der Waals surface area contributed by atoms with Crippen LogP contribution >= 0.6 is 0 Å². The zero-order chi connectivity index (χ0) is 18.0. The lowest BCUT2D eigenvalue weighted by atomic mass is 9.81. The normalized spacial score (nSPS) is 22.5. The average Bonchev–Trinajstić information content (AvgIpc) is 3.23. The fourth-order valence-corrected chi connectivity index (χ4v) is 3.95. The molecule has 1 amide bonds. The lowest BCUT2D eigenvalue weighted by molar-refractivity contribution is -0.183. The van der Waals surface area contributed by atoms with Crippen molar-refractivity contribution in [2.24, 2.45) is 0 Å². The number of nitrogens with zero attached hydrogens (tertiary/aromatic N) is 5. The lowest BCUT2D eigenvalue weighted by Crippen LogP contribution is -2.56. The van der Waals surface area contributed by atoms with Gasteiger partial charge in [-0.3, -0.25) is 9.36 Å². The van der Waals surface area contributed by atoms with Crippen molar-refractivity contribution in [3.8, 4) is 5.82 Å². The maximum Gasteiger partial charge on any atom is 0.255 e. The van der Waals surface area contributed by atoms with Crippen LogP contribution in [0.1, 0.15) is 36.0 Å². The summed E-state index contributed by atoms with van der Waals surface area (Å²) >= 11 is 0. The smallest absolute Gasteiger partial charge is 0.255 e. The van der Waals surface area contributed by atoms with Gasteiger partial charge in [0.1, 0.15) is 18.5 Å². The van der Waals surface area contributed by atoms with E-state index in [1.54, 1.807) is 42.7 Å². The van der Waals surface area contributed by atoms with Gasteiger partial charge >= 0.3 is 0 Å². The first-order valence-corrected chi connectivity index (χ1v) is 8.99. The number of aromatic nitrogens is 4. The van der Waals surface area contributed by atoms with Crippen LogP contribution in [0.5, 0.6) is 0 Å². The molecule has 4 heterocycles. The quantitative estimate of drug-likeness (QED) is 0.827. The van der Waals surface area contributed by atoms with E-state index in [1.807, 2.05) is 4.90 Å². The van der Waals surface area contributed by atoms with Crippen molar-refractivity contribution in [1.29, 1.82) is 0 Å². The molecule has 2 fully saturated rings. The Morgan fingerprint density at radius 1 is 1.27 bits per heavy atom. The molecule has 1 atom stereocenters. The summed E-state index contributed by atoms with van der Waals surface area (Å²) in [6, 6.07) is 3.59. The molecule has 138 valence electrons. The molecule has 2 aliphatic heterocycles. The number of amides is 1. The standard InChI is InChI=1S/C18H23N5O3/c1-25-15-3-2-10-26-18(15)6-8-22(9-7-18)17(24)14-4-5-16(19-11-14)23-12-20-21-13-23/h4-5,11-13,15H,2-3,6-10H2,1H3/t15-/m0/s1. The SMILES string of the molecule is CO[C@H]1CCCOC12CCN(C(=O)c1ccc(-n3cnnc3)nc1)CC2. The highest BCUT2D eigenvalue weighted by atomic mass is 16.5. The first-order chi connectivity index (χ1) is 12.7. The van der Waals surface area contributed by atoms with Crippen LogP contribution in [0.3, 0.4) is 0 Å². The Labute approximate surface area is 152 Å². The highest BCUT2D eigenvalue weighted by Gasteiger charge is 2.45. The molecule has 0 aliphatic carbocycles. The van der Waals surface area contributed by atoms with Gasteiger partial charge in [-0.05, 0) is 37.8 Å². The molecule has 0 radical (unpaired) electrons. The predicted octanol–water partition coefficient (Wildman–Crippen LogP) is 1.46. The summed E-state index contributed by atoms with van der Waals surface area (Å²) in [6.07, 6.45) is 8.56. The molecule has 4 rings (SSSR count). The number of rotatable bonds is 3. The van der Waals surface area contributed by atoms with Crippen LogP contribution in [0.15, 0.2) is 31.0 Å². The van der Waals surface area contributed by atoms with Gasteiger partial charge in [0, 0.05) is 33.0 Å². The van der Waals surface area contributed by atoms with E-state index >= 15 is 0 Å². The molecular formula is C18H23N5O3. The van der Waals surface area contributed by atoms with Crippen LogP contribution in [-0.4, -0.2) is 69.1 Å². The van der Waals surface area contributed by atoms with Gasteiger partial charge in [0.2, 0.25) is 0 Å². The van der Waals surface area contributed by atoms with Crippen molar-refractivity contribution >= 4 is 5.91 Å². The molecule has 1 spiro atoms. The Hall–Kier alpha value is -2.32. The molecule has 8 nitrogen and oxygen atoms in total. The second kappa shape index (κ2) is 7.13. The van der Waals surface area contributed by atoms with E-state index < -0.39 is 0 Å². The van der Waals surface area contributed by atoms with E-state index in [9.17, 15) is 4.79 Å². The van der Waals surface area contributed by atoms with E-state index in [0.717, 1.165) is 32.3 Å². The summed E-state index contributed by atoms with van der Waals surface area (Å²) < 4.78 is 13.5. The van der Waals surface area contributed by atoms with Gasteiger partial charge in [0.15, 0.2) is 0 Å². The van der Waals surface area contributed by atoms with Gasteiger partial charge < -0.3 is 14.4 Å². The number of pyridine rings is 1. The lowest BCUT2D eigenvalue weighted by Gasteiger charge is -2.48. The highest BCUT2D eigenvalue weighted by molar-refractivity contribution is 5.94. The topological polar surface area (TPSA) is 82.4 Å². The van der Waals surface area contributed by atoms with Gasteiger partial charge in [-0.25, -0.2) is 4.98 Å². The molecule has 0 bridgehead atoms. The van der Waals surface area contributed by atoms with Crippen LogP contribution in [0.2, 0.25) is 0 Å². The maximum absolute atomic E-state index is 12.8. The number of likely N-dealkylation sites (tertiary alicyclic amines) is 1. The highest BCUT2D eigenvalue weighted by Crippen LogP contribution is 2.37. The van der Waals surface area contributed by atoms with E-state index in [0.29, 0.717) is 24.5 Å². The molecule has 0 unspecified atom stereocenters. The number of hydrogen-bond acceptors (Lipinski definition) is 6. The fraction of sp³-hybridized carbons (Fsp3) is 0.556. The third-order valence-electron chi connectivity index (χ3n) is 5.45. The molecule has 26 heavy (non-hydrogen) atoms. The van der Waals surface area contributed by atoms with E-state index in [2.05, 4.69) is 15.2 Å². The number of methoxy groups -OCH3 is 1. The van der Waals surface area contributed by atoms with Crippen LogP contribution < -0.4 is 0 Å². The Morgan fingerprint density at radius 2 is 2.04 bits per heavy atom. The monoisotopic (exact) mass is 357 g/mol. The Kier molecular flexibility index (Phi) is 4.69. The predicted molar refractivity (Wildman–Crippen MR) is 93.0 cm³/mol. The number of hydrogen-bond donors (Lipinski definition) is 0. The molecule has 0 saturated carbocycles. The number of ether oxygens (including phenoxy) is 2. The van der Waals surface area contributed by atoms with Gasteiger partial charge in [0.25, 0.3) is 5.91 Å². The third kappa shape index (κ3) is 3.10. The second-order valence-electron chi connectivity index (χ2n) is 6.85. The van der Waals surface area contributed by atoms with Crippen molar-refractivity contribution in [2.75, 3.05) is 26.8 Å². The van der Waals surface area contributed by atoms with Gasteiger partial charge in [0.05, 0.1) is 17.3 Å². The van der Waals surface area contributed by atoms with E-state index in [1.165, 1.54) is 0 Å². The Bertz CT molecular complexity index is 739. The minimum atomic E-state index is -0.236. The van der Waals surface area contributed by atoms with Gasteiger partial charge in [-0.2, -0.15) is 0 Å². The van der Waals surface area contributed by atoms with Crippen molar-refractivity contribution in [3.63, 3.8) is 0 Å². The summed E-state index contributed by atoms with van der Waals surface area (Å²) in [6.45, 7) is 2.13. The summed E-state index contributed by atoms with van der Waals surface area (Å²) in [4.78, 5) is 19.0. The number of carbonyl (C=O) groups excluding carboxylic acids is 1. The number of carbonyl (C=O) groups is 1. The van der Waals surface area contributed by atoms with E-state index in [4.69, 9.17) is 9.47 Å². The Balaban J connectivity index is 1.42. The van der Waals surface area contributed by atoms with Gasteiger partial charge in [-0.1, -0.05) is 0 Å². The zero-order valence-electron chi connectivity index (χ0n) is 14.9. The molecule has 2 aromatic heterocycles. The van der Waals surface area contributed by atoms with E-state index in [-0.39, 0.29) is 17.6 Å². The second-order valence-corrected chi connectivity index (χ2v) is 6.85. The molecule has 2 aliphatic rings. The fourth-order valence-electron chi connectivity index (χ4n) is 3.95. The minimum absolute atomic E-state index is 0.00688. The summed E-state index contributed by atoms with van der Waals surface area (Å²) in [5.41, 5.74) is 0.353. The molecule has 2 aromatic rings. The third-order valence-corrected chi connectivity index (χ3v) is 5.45. The minimum Gasteiger partial charge on any atom is -0.378 e. The maximum atomic E-state index is 12.8. The molecule has 0 aromatic carbocycles. The van der Waals surface area contributed by atoms with Gasteiger partial charge in [-0.15, -0.1) is 10.2 Å². The molecule has 8 heteroatoms. The molecule has 0 N–H and O–H groups in total. The van der Waals surface area contributed by atoms with Crippen LogP contribution in [0.4, 0.5) is 0 Å². The van der Waals surface area contributed by atoms with Crippen LogP contribution in [-0.2, 0) is 9.47 Å². The van der Waals surface area contributed by atoms with Crippen molar-refractivity contribution in [3.05, 3.63) is 36.5 Å². The molecule has 2 saturated heterocycles. The molecular weight excluding hydrogens is 334 g/mol. The largest absolute Gasteiger partial charge is 0.378 e.